The van der Waals surface area contributed by atoms with Crippen LogP contribution in [0.2, 0.25) is 0 Å². The molecule has 1 saturated heterocycles. The normalized spacial score (nSPS) is 15.7. The molecule has 1 aromatic carbocycles. The number of morpholine rings is 1. The van der Waals surface area contributed by atoms with Gasteiger partial charge in [-0.2, -0.15) is 0 Å². The summed E-state index contributed by atoms with van der Waals surface area (Å²) in [5, 5.41) is 14.5. The van der Waals surface area contributed by atoms with Gasteiger partial charge >= 0.3 is 0 Å². The summed E-state index contributed by atoms with van der Waals surface area (Å²) in [4.78, 5) is 13.1. The van der Waals surface area contributed by atoms with Crippen molar-refractivity contribution in [3.05, 3.63) is 22.6 Å². The largest absolute Gasteiger partial charge is 0.493 e. The SMILES string of the molecule is COc1cc(N=O)c(/C=N\O)cc1OCCCN1CCOCC1. The molecule has 0 aliphatic carbocycles. The number of oxime groups is 1. The molecule has 23 heavy (non-hydrogen) atoms. The molecule has 0 bridgehead atoms. The Hall–Kier alpha value is -2.19. The van der Waals surface area contributed by atoms with E-state index >= 15 is 0 Å². The molecule has 0 amide bonds. The average Bonchev–Trinajstić information content (AvgIpc) is 2.60. The summed E-state index contributed by atoms with van der Waals surface area (Å²) >= 11 is 0. The fraction of sp³-hybridized carbons (Fsp3) is 0.533. The third-order valence-electron chi connectivity index (χ3n) is 3.59. The quantitative estimate of drug-likeness (QED) is 0.259. The molecule has 1 N–H and O–H groups in total. The molecule has 0 spiro atoms. The number of methoxy groups -OCH3 is 1. The zero-order chi connectivity index (χ0) is 16.5. The molecule has 2 rings (SSSR count). The average molecular weight is 323 g/mol. The van der Waals surface area contributed by atoms with E-state index in [9.17, 15) is 4.91 Å². The van der Waals surface area contributed by atoms with Gasteiger partial charge in [-0.1, -0.05) is 5.16 Å². The van der Waals surface area contributed by atoms with Gasteiger partial charge < -0.3 is 19.4 Å². The Kier molecular flexibility index (Phi) is 6.76. The van der Waals surface area contributed by atoms with Crippen molar-refractivity contribution in [1.29, 1.82) is 0 Å². The summed E-state index contributed by atoms with van der Waals surface area (Å²) in [5.41, 5.74) is 0.492. The lowest BCUT2D eigenvalue weighted by molar-refractivity contribution is 0.0357. The molecular weight excluding hydrogens is 302 g/mol. The minimum Gasteiger partial charge on any atom is -0.493 e. The van der Waals surface area contributed by atoms with E-state index in [0.717, 1.165) is 45.5 Å². The number of nitrogens with zero attached hydrogens (tertiary/aromatic N) is 3. The summed E-state index contributed by atoms with van der Waals surface area (Å²) < 4.78 is 16.3. The maximum atomic E-state index is 10.8. The Balaban J connectivity index is 1.94. The highest BCUT2D eigenvalue weighted by Gasteiger charge is 2.13. The summed E-state index contributed by atoms with van der Waals surface area (Å²) in [5.74, 6) is 0.901. The van der Waals surface area contributed by atoms with Crippen molar-refractivity contribution < 1.29 is 19.4 Å². The second-order valence-corrected chi connectivity index (χ2v) is 5.05. The highest BCUT2D eigenvalue weighted by molar-refractivity contribution is 5.87. The zero-order valence-corrected chi connectivity index (χ0v) is 13.1. The highest BCUT2D eigenvalue weighted by Crippen LogP contribution is 2.34. The highest BCUT2D eigenvalue weighted by atomic mass is 16.5. The number of rotatable bonds is 8. The topological polar surface area (TPSA) is 93.0 Å². The van der Waals surface area contributed by atoms with Crippen LogP contribution in [0, 0.1) is 4.91 Å². The Morgan fingerprint density at radius 3 is 2.78 bits per heavy atom. The Morgan fingerprint density at radius 1 is 1.35 bits per heavy atom. The van der Waals surface area contributed by atoms with Gasteiger partial charge in [-0.3, -0.25) is 4.90 Å². The third-order valence-corrected chi connectivity index (χ3v) is 3.59. The van der Waals surface area contributed by atoms with Crippen molar-refractivity contribution in [2.45, 2.75) is 6.42 Å². The van der Waals surface area contributed by atoms with Crippen LogP contribution in [0.25, 0.3) is 0 Å². The summed E-state index contributed by atoms with van der Waals surface area (Å²) in [6.07, 6.45) is 2.00. The van der Waals surface area contributed by atoms with Crippen molar-refractivity contribution in [2.75, 3.05) is 46.6 Å². The van der Waals surface area contributed by atoms with Crippen LogP contribution in [0.3, 0.4) is 0 Å². The summed E-state index contributed by atoms with van der Waals surface area (Å²) in [7, 11) is 1.49. The maximum Gasteiger partial charge on any atom is 0.163 e. The first kappa shape index (κ1) is 17.2. The lowest BCUT2D eigenvalue weighted by Crippen LogP contribution is -2.37. The predicted octanol–water partition coefficient (Wildman–Crippen LogP) is 2.00. The van der Waals surface area contributed by atoms with Gasteiger partial charge in [0.1, 0.15) is 5.69 Å². The number of hydrogen-bond acceptors (Lipinski definition) is 8. The zero-order valence-electron chi connectivity index (χ0n) is 13.1. The van der Waals surface area contributed by atoms with Crippen LogP contribution in [0.1, 0.15) is 12.0 Å². The first-order chi connectivity index (χ1) is 11.3. The van der Waals surface area contributed by atoms with Gasteiger partial charge in [0.15, 0.2) is 11.5 Å². The number of ether oxygens (including phenoxy) is 3. The van der Waals surface area contributed by atoms with E-state index in [1.54, 1.807) is 6.07 Å². The van der Waals surface area contributed by atoms with Crippen LogP contribution >= 0.6 is 0 Å². The molecule has 1 fully saturated rings. The van der Waals surface area contributed by atoms with Crippen molar-refractivity contribution in [2.24, 2.45) is 10.3 Å². The van der Waals surface area contributed by atoms with E-state index in [-0.39, 0.29) is 5.69 Å². The lowest BCUT2D eigenvalue weighted by Gasteiger charge is -2.26. The van der Waals surface area contributed by atoms with Crippen LogP contribution in [-0.2, 0) is 4.74 Å². The molecule has 8 nitrogen and oxygen atoms in total. The van der Waals surface area contributed by atoms with Gasteiger partial charge in [0.05, 0.1) is 33.1 Å². The smallest absolute Gasteiger partial charge is 0.163 e. The molecule has 1 aromatic rings. The monoisotopic (exact) mass is 323 g/mol. The molecule has 0 atom stereocenters. The van der Waals surface area contributed by atoms with E-state index in [4.69, 9.17) is 19.4 Å². The van der Waals surface area contributed by atoms with E-state index in [1.807, 2.05) is 0 Å². The fourth-order valence-corrected chi connectivity index (χ4v) is 2.38. The van der Waals surface area contributed by atoms with Crippen molar-refractivity contribution >= 4 is 11.9 Å². The van der Waals surface area contributed by atoms with Crippen LogP contribution in [0.15, 0.2) is 22.5 Å². The van der Waals surface area contributed by atoms with Gasteiger partial charge in [0.2, 0.25) is 0 Å². The molecule has 0 radical (unpaired) electrons. The molecule has 0 saturated carbocycles. The van der Waals surface area contributed by atoms with Gasteiger partial charge in [0.25, 0.3) is 0 Å². The Labute approximate surface area is 134 Å². The minimum absolute atomic E-state index is 0.125. The second kappa shape index (κ2) is 9.06. The van der Waals surface area contributed by atoms with E-state index in [2.05, 4.69) is 15.2 Å². The van der Waals surface area contributed by atoms with E-state index < -0.39 is 0 Å². The third kappa shape index (κ3) is 4.90. The number of benzene rings is 1. The second-order valence-electron chi connectivity index (χ2n) is 5.05. The Bertz CT molecular complexity index is 544. The Morgan fingerprint density at radius 2 is 2.13 bits per heavy atom. The van der Waals surface area contributed by atoms with Crippen molar-refractivity contribution in [3.63, 3.8) is 0 Å². The van der Waals surface area contributed by atoms with Crippen LogP contribution < -0.4 is 9.47 Å². The summed E-state index contributed by atoms with van der Waals surface area (Å²) in [6, 6.07) is 3.03. The van der Waals surface area contributed by atoms with E-state index in [1.165, 1.54) is 13.2 Å². The molecule has 0 aromatic heterocycles. The molecule has 1 aliphatic rings. The lowest BCUT2D eigenvalue weighted by atomic mass is 10.1. The maximum absolute atomic E-state index is 10.8. The first-order valence-corrected chi connectivity index (χ1v) is 7.44. The minimum atomic E-state index is 0.125. The van der Waals surface area contributed by atoms with Gasteiger partial charge in [-0.15, -0.1) is 4.91 Å². The van der Waals surface area contributed by atoms with E-state index in [0.29, 0.717) is 23.7 Å². The van der Waals surface area contributed by atoms with Gasteiger partial charge in [0, 0.05) is 31.3 Å². The number of nitroso groups, excluding NO2 is 1. The molecule has 1 heterocycles. The molecule has 1 aliphatic heterocycles. The number of hydrogen-bond donors (Lipinski definition) is 1. The fourth-order valence-electron chi connectivity index (χ4n) is 2.38. The summed E-state index contributed by atoms with van der Waals surface area (Å²) in [6.45, 7) is 4.89. The van der Waals surface area contributed by atoms with Crippen molar-refractivity contribution in [1.82, 2.24) is 4.90 Å². The molecule has 8 heteroatoms. The molecule has 0 unspecified atom stereocenters. The van der Waals surface area contributed by atoms with Crippen molar-refractivity contribution in [3.8, 4) is 11.5 Å². The van der Waals surface area contributed by atoms with Gasteiger partial charge in [-0.25, -0.2) is 0 Å². The van der Waals surface area contributed by atoms with Crippen LogP contribution in [0.4, 0.5) is 5.69 Å². The molecule has 126 valence electrons. The van der Waals surface area contributed by atoms with Crippen LogP contribution in [-0.4, -0.2) is 62.9 Å². The predicted molar refractivity (Wildman–Crippen MR) is 85.2 cm³/mol. The first-order valence-electron chi connectivity index (χ1n) is 7.44. The standard InChI is InChI=1S/C15H21N3O5/c1-21-14-10-13(17-20)12(11-16-19)9-15(14)23-6-2-3-18-4-7-22-8-5-18/h9-11,19H,2-8H2,1H3/b16-11-. The molecular formula is C15H21N3O5. The van der Waals surface area contributed by atoms with Gasteiger partial charge in [-0.05, 0) is 17.7 Å². The van der Waals surface area contributed by atoms with Crippen LogP contribution in [0.5, 0.6) is 11.5 Å².